The highest BCUT2D eigenvalue weighted by Gasteiger charge is 2.10. The molecule has 1 aromatic carbocycles. The van der Waals surface area contributed by atoms with E-state index in [9.17, 15) is 0 Å². The van der Waals surface area contributed by atoms with Gasteiger partial charge in [0.25, 0.3) is 0 Å². The molecule has 1 aromatic heterocycles. The van der Waals surface area contributed by atoms with Gasteiger partial charge in [-0.05, 0) is 25.5 Å². The Hall–Kier alpha value is -1.28. The number of benzene rings is 1. The summed E-state index contributed by atoms with van der Waals surface area (Å²) in [4.78, 5) is 3.33. The summed E-state index contributed by atoms with van der Waals surface area (Å²) < 4.78 is 0. The summed E-state index contributed by atoms with van der Waals surface area (Å²) in [6, 6.07) is 8.35. The molecule has 13 heavy (non-hydrogen) atoms. The minimum Gasteiger partial charge on any atom is -0.358 e. The smallest absolute Gasteiger partial charge is 0.0459 e. The number of aromatic amines is 1. The first-order chi connectivity index (χ1) is 6.20. The molecule has 0 aliphatic heterocycles. The molecule has 2 rings (SSSR count). The van der Waals surface area contributed by atoms with Crippen LogP contribution < -0.4 is 5.73 Å². The van der Waals surface area contributed by atoms with Crippen LogP contribution in [0.3, 0.4) is 0 Å². The van der Waals surface area contributed by atoms with E-state index in [-0.39, 0.29) is 6.04 Å². The van der Waals surface area contributed by atoms with Gasteiger partial charge in [0.1, 0.15) is 0 Å². The van der Waals surface area contributed by atoms with E-state index in [2.05, 4.69) is 24.0 Å². The van der Waals surface area contributed by atoms with Gasteiger partial charge in [-0.3, -0.25) is 0 Å². The Morgan fingerprint density at radius 1 is 1.31 bits per heavy atom. The van der Waals surface area contributed by atoms with E-state index in [0.29, 0.717) is 0 Å². The van der Waals surface area contributed by atoms with Crippen molar-refractivity contribution in [3.05, 3.63) is 35.5 Å². The number of rotatable bonds is 1. The summed E-state index contributed by atoms with van der Waals surface area (Å²) in [5.41, 5.74) is 9.49. The molecule has 2 heteroatoms. The van der Waals surface area contributed by atoms with Crippen molar-refractivity contribution < 1.29 is 0 Å². The first kappa shape index (κ1) is 8.32. The molecule has 0 saturated carbocycles. The minimum absolute atomic E-state index is 0.0937. The van der Waals surface area contributed by atoms with Crippen molar-refractivity contribution in [2.45, 2.75) is 19.9 Å². The van der Waals surface area contributed by atoms with Crippen molar-refractivity contribution in [3.8, 4) is 0 Å². The predicted octanol–water partition coefficient (Wildman–Crippen LogP) is 2.50. The molecule has 2 nitrogen and oxygen atoms in total. The molecule has 1 unspecified atom stereocenters. The molecule has 68 valence electrons. The van der Waals surface area contributed by atoms with Crippen LogP contribution in [0.15, 0.2) is 24.3 Å². The summed E-state index contributed by atoms with van der Waals surface area (Å²) in [5, 5.41) is 1.25. The number of hydrogen-bond acceptors (Lipinski definition) is 1. The fourth-order valence-corrected chi connectivity index (χ4v) is 1.89. The molecule has 0 saturated heterocycles. The third-order valence-corrected chi connectivity index (χ3v) is 2.40. The van der Waals surface area contributed by atoms with Gasteiger partial charge in [-0.2, -0.15) is 0 Å². The van der Waals surface area contributed by atoms with Crippen molar-refractivity contribution in [1.82, 2.24) is 4.98 Å². The molecule has 0 bridgehead atoms. The summed E-state index contributed by atoms with van der Waals surface area (Å²) in [6.07, 6.45) is 0. The topological polar surface area (TPSA) is 41.8 Å². The number of H-pyrrole nitrogens is 1. The Morgan fingerprint density at radius 2 is 2.00 bits per heavy atom. The third-order valence-electron chi connectivity index (χ3n) is 2.40. The zero-order valence-corrected chi connectivity index (χ0v) is 7.96. The summed E-state index contributed by atoms with van der Waals surface area (Å²) in [5.74, 6) is 0. The summed E-state index contributed by atoms with van der Waals surface area (Å²) in [6.45, 7) is 4.08. The van der Waals surface area contributed by atoms with E-state index in [0.717, 1.165) is 0 Å². The highest BCUT2D eigenvalue weighted by Crippen LogP contribution is 2.25. The van der Waals surface area contributed by atoms with Crippen LogP contribution in [-0.4, -0.2) is 4.98 Å². The molecule has 0 aliphatic rings. The SMILES string of the molecule is Cc1[nH]c2ccccc2c1C(C)N. The molecule has 0 radical (unpaired) electrons. The summed E-state index contributed by atoms with van der Waals surface area (Å²) in [7, 11) is 0. The van der Waals surface area contributed by atoms with Gasteiger partial charge in [0.05, 0.1) is 0 Å². The van der Waals surface area contributed by atoms with Gasteiger partial charge in [0, 0.05) is 22.6 Å². The molecular weight excluding hydrogens is 160 g/mol. The van der Waals surface area contributed by atoms with E-state index >= 15 is 0 Å². The van der Waals surface area contributed by atoms with Crippen molar-refractivity contribution >= 4 is 10.9 Å². The van der Waals surface area contributed by atoms with E-state index in [1.54, 1.807) is 0 Å². The second-order valence-electron chi connectivity index (χ2n) is 3.50. The van der Waals surface area contributed by atoms with Gasteiger partial charge in [-0.1, -0.05) is 18.2 Å². The molecule has 1 heterocycles. The van der Waals surface area contributed by atoms with Crippen molar-refractivity contribution in [2.24, 2.45) is 5.73 Å². The number of aryl methyl sites for hydroxylation is 1. The van der Waals surface area contributed by atoms with Gasteiger partial charge in [0.15, 0.2) is 0 Å². The maximum Gasteiger partial charge on any atom is 0.0459 e. The lowest BCUT2D eigenvalue weighted by molar-refractivity contribution is 0.817. The van der Waals surface area contributed by atoms with Crippen LogP contribution >= 0.6 is 0 Å². The molecule has 0 amide bonds. The van der Waals surface area contributed by atoms with Crippen LogP contribution in [0, 0.1) is 6.92 Å². The van der Waals surface area contributed by atoms with Gasteiger partial charge in [0.2, 0.25) is 0 Å². The normalized spacial score (nSPS) is 13.5. The van der Waals surface area contributed by atoms with E-state index in [1.807, 2.05) is 19.1 Å². The van der Waals surface area contributed by atoms with Crippen molar-refractivity contribution in [1.29, 1.82) is 0 Å². The lowest BCUT2D eigenvalue weighted by atomic mass is 10.1. The number of fused-ring (bicyclic) bond motifs is 1. The number of aromatic nitrogens is 1. The van der Waals surface area contributed by atoms with Gasteiger partial charge >= 0.3 is 0 Å². The van der Waals surface area contributed by atoms with Crippen LogP contribution in [0.4, 0.5) is 0 Å². The Labute approximate surface area is 77.8 Å². The third kappa shape index (κ3) is 1.23. The van der Waals surface area contributed by atoms with Crippen LogP contribution in [0.5, 0.6) is 0 Å². The summed E-state index contributed by atoms with van der Waals surface area (Å²) >= 11 is 0. The first-order valence-electron chi connectivity index (χ1n) is 4.53. The maximum atomic E-state index is 5.91. The minimum atomic E-state index is 0.0937. The molecular formula is C11H14N2. The predicted molar refractivity (Wildman–Crippen MR) is 55.6 cm³/mol. The fraction of sp³-hybridized carbons (Fsp3) is 0.273. The molecule has 3 N–H and O–H groups in total. The van der Waals surface area contributed by atoms with Crippen molar-refractivity contribution in [3.63, 3.8) is 0 Å². The van der Waals surface area contributed by atoms with Crippen LogP contribution in [0.25, 0.3) is 10.9 Å². The highest BCUT2D eigenvalue weighted by atomic mass is 14.7. The Balaban J connectivity index is 2.78. The average molecular weight is 174 g/mol. The lowest BCUT2D eigenvalue weighted by Crippen LogP contribution is -2.05. The standard InChI is InChI=1S/C11H14N2/c1-7(12)11-8(2)13-10-6-4-3-5-9(10)11/h3-7,13H,12H2,1-2H3. The molecule has 0 aliphatic carbocycles. The Kier molecular flexibility index (Phi) is 1.85. The second-order valence-corrected chi connectivity index (χ2v) is 3.50. The van der Waals surface area contributed by atoms with Crippen molar-refractivity contribution in [2.75, 3.05) is 0 Å². The largest absolute Gasteiger partial charge is 0.358 e. The second kappa shape index (κ2) is 2.89. The average Bonchev–Trinajstić information content (AvgIpc) is 2.39. The zero-order valence-electron chi connectivity index (χ0n) is 7.96. The quantitative estimate of drug-likeness (QED) is 0.685. The lowest BCUT2D eigenvalue weighted by Gasteiger charge is -2.04. The van der Waals surface area contributed by atoms with Crippen LogP contribution in [0.2, 0.25) is 0 Å². The Bertz CT molecular complexity index is 427. The van der Waals surface area contributed by atoms with E-state index < -0.39 is 0 Å². The maximum absolute atomic E-state index is 5.91. The van der Waals surface area contributed by atoms with E-state index in [4.69, 9.17) is 5.73 Å². The van der Waals surface area contributed by atoms with Gasteiger partial charge in [-0.25, -0.2) is 0 Å². The molecule has 0 spiro atoms. The van der Waals surface area contributed by atoms with Gasteiger partial charge < -0.3 is 10.7 Å². The first-order valence-corrected chi connectivity index (χ1v) is 4.53. The number of nitrogens with two attached hydrogens (primary N) is 1. The fourth-order valence-electron chi connectivity index (χ4n) is 1.89. The highest BCUT2D eigenvalue weighted by molar-refractivity contribution is 5.84. The molecule has 1 atom stereocenters. The van der Waals surface area contributed by atoms with E-state index in [1.165, 1.54) is 22.2 Å². The number of nitrogens with one attached hydrogen (secondary N) is 1. The Morgan fingerprint density at radius 3 is 2.69 bits per heavy atom. The van der Waals surface area contributed by atoms with Crippen LogP contribution in [-0.2, 0) is 0 Å². The van der Waals surface area contributed by atoms with Crippen LogP contribution in [0.1, 0.15) is 24.2 Å². The number of para-hydroxylation sites is 1. The zero-order chi connectivity index (χ0) is 9.42. The molecule has 2 aromatic rings. The van der Waals surface area contributed by atoms with Gasteiger partial charge in [-0.15, -0.1) is 0 Å². The molecule has 0 fully saturated rings. The number of hydrogen-bond donors (Lipinski definition) is 2. The monoisotopic (exact) mass is 174 g/mol.